The number of benzene rings is 1. The zero-order valence-electron chi connectivity index (χ0n) is 11.0. The van der Waals surface area contributed by atoms with Gasteiger partial charge in [0.05, 0.1) is 4.90 Å². The van der Waals surface area contributed by atoms with Crippen molar-refractivity contribution in [2.45, 2.75) is 4.90 Å². The number of nitrogens with one attached hydrogen (secondary N) is 2. The van der Waals surface area contributed by atoms with Crippen LogP contribution in [-0.4, -0.2) is 36.5 Å². The fourth-order valence-corrected chi connectivity index (χ4v) is 1.78. The number of anilines is 1. The van der Waals surface area contributed by atoms with Gasteiger partial charge in [-0.3, -0.25) is 14.1 Å². The van der Waals surface area contributed by atoms with Crippen LogP contribution in [0.2, 0.25) is 0 Å². The summed E-state index contributed by atoms with van der Waals surface area (Å²) in [6.07, 6.45) is 0.954. The molecule has 10 heteroatoms. The van der Waals surface area contributed by atoms with E-state index in [1.165, 1.54) is 12.1 Å². The normalized spacial score (nSPS) is 11.4. The molecule has 0 aliphatic heterocycles. The smallest absolute Gasteiger partial charge is 0.322 e. The molecule has 116 valence electrons. The maximum Gasteiger partial charge on any atom is 0.322 e. The minimum atomic E-state index is -4.33. The van der Waals surface area contributed by atoms with E-state index in [0.29, 0.717) is 0 Å². The first-order valence-electron chi connectivity index (χ1n) is 5.68. The van der Waals surface area contributed by atoms with Crippen molar-refractivity contribution in [1.29, 1.82) is 5.26 Å². The van der Waals surface area contributed by atoms with Crippen molar-refractivity contribution < 1.29 is 27.7 Å². The van der Waals surface area contributed by atoms with Crippen LogP contribution in [-0.2, 0) is 19.7 Å². The van der Waals surface area contributed by atoms with Gasteiger partial charge in [0.15, 0.2) is 0 Å². The van der Waals surface area contributed by atoms with E-state index in [9.17, 15) is 18.0 Å². The molecule has 0 radical (unpaired) electrons. The number of nitrogens with zero attached hydrogens (tertiary/aromatic N) is 1. The number of carbonyl (C=O) groups excluding carboxylic acids is 1. The summed E-state index contributed by atoms with van der Waals surface area (Å²) in [6, 6.07) is 6.18. The maximum absolute atomic E-state index is 11.7. The standard InChI is InChI=1S/C12H11N3O6S/c13-5-8(6-14-7-11(16)17)12(18)15-9-1-3-10(4-2-9)22(19,20)21/h1-4,6,14H,7H2,(H,15,18)(H,16,17)(H,19,20,21)/b8-6-. The first-order chi connectivity index (χ1) is 10.2. The largest absolute Gasteiger partial charge is 0.480 e. The molecule has 22 heavy (non-hydrogen) atoms. The van der Waals surface area contributed by atoms with Crippen LogP contribution in [0.1, 0.15) is 0 Å². The highest BCUT2D eigenvalue weighted by Crippen LogP contribution is 2.14. The minimum Gasteiger partial charge on any atom is -0.480 e. The summed E-state index contributed by atoms with van der Waals surface area (Å²) < 4.78 is 30.5. The van der Waals surface area contributed by atoms with Crippen LogP contribution in [0.15, 0.2) is 40.9 Å². The van der Waals surface area contributed by atoms with Crippen molar-refractivity contribution in [2.24, 2.45) is 0 Å². The Balaban J connectivity index is 2.79. The molecule has 0 aliphatic carbocycles. The summed E-state index contributed by atoms with van der Waals surface area (Å²) in [5.41, 5.74) is -0.170. The average Bonchev–Trinajstić information content (AvgIpc) is 2.42. The number of carboxylic acids is 1. The van der Waals surface area contributed by atoms with Gasteiger partial charge in [0.2, 0.25) is 0 Å². The summed E-state index contributed by atoms with van der Waals surface area (Å²) in [6.45, 7) is -0.457. The van der Waals surface area contributed by atoms with Crippen LogP contribution in [0, 0.1) is 11.3 Å². The van der Waals surface area contributed by atoms with E-state index in [1.807, 2.05) is 0 Å². The highest BCUT2D eigenvalue weighted by Gasteiger charge is 2.12. The second kappa shape index (κ2) is 7.21. The van der Waals surface area contributed by atoms with E-state index in [2.05, 4.69) is 10.6 Å². The number of carbonyl (C=O) groups is 2. The van der Waals surface area contributed by atoms with Gasteiger partial charge < -0.3 is 15.7 Å². The molecule has 9 nitrogen and oxygen atoms in total. The molecule has 0 unspecified atom stereocenters. The summed E-state index contributed by atoms with van der Waals surface area (Å²) in [4.78, 5) is 21.7. The molecule has 1 amide bonds. The van der Waals surface area contributed by atoms with Gasteiger partial charge >= 0.3 is 5.97 Å². The molecular weight excluding hydrogens is 314 g/mol. The van der Waals surface area contributed by atoms with Crippen molar-refractivity contribution in [2.75, 3.05) is 11.9 Å². The lowest BCUT2D eigenvalue weighted by Crippen LogP contribution is -2.20. The predicted molar refractivity (Wildman–Crippen MR) is 74.2 cm³/mol. The first kappa shape index (κ1) is 17.2. The SMILES string of the molecule is N#C/C(=C/NCC(=O)O)C(=O)Nc1ccc(S(=O)(=O)O)cc1. The summed E-state index contributed by atoms with van der Waals surface area (Å²) in [5, 5.41) is 21.8. The lowest BCUT2D eigenvalue weighted by molar-refractivity contribution is -0.135. The molecule has 0 fully saturated rings. The Kier molecular flexibility index (Phi) is 5.62. The van der Waals surface area contributed by atoms with Crippen molar-refractivity contribution in [3.05, 3.63) is 36.0 Å². The predicted octanol–water partition coefficient (Wildman–Crippen LogP) is -0.0465. The summed E-state index contributed by atoms with van der Waals surface area (Å²) >= 11 is 0. The Labute approximate surface area is 125 Å². The van der Waals surface area contributed by atoms with Gasteiger partial charge in [-0.05, 0) is 24.3 Å². The van der Waals surface area contributed by atoms with Crippen LogP contribution in [0.4, 0.5) is 5.69 Å². The molecule has 1 rings (SSSR count). The topological polar surface area (TPSA) is 157 Å². The Bertz CT molecular complexity index is 746. The Morgan fingerprint density at radius 2 is 1.86 bits per heavy atom. The van der Waals surface area contributed by atoms with E-state index in [4.69, 9.17) is 14.9 Å². The Hall–Kier alpha value is -2.90. The number of carboxylic acid groups (broad SMARTS) is 1. The second-order valence-electron chi connectivity index (χ2n) is 3.90. The fourth-order valence-electron chi connectivity index (χ4n) is 1.30. The van der Waals surface area contributed by atoms with Crippen LogP contribution < -0.4 is 10.6 Å². The first-order valence-corrected chi connectivity index (χ1v) is 7.12. The summed E-state index contributed by atoms with van der Waals surface area (Å²) in [7, 11) is -4.33. The molecule has 0 saturated carbocycles. The molecule has 0 spiro atoms. The zero-order valence-corrected chi connectivity index (χ0v) is 11.8. The van der Waals surface area contributed by atoms with Crippen molar-refractivity contribution in [3.63, 3.8) is 0 Å². The van der Waals surface area contributed by atoms with Gasteiger partial charge in [0.25, 0.3) is 16.0 Å². The molecule has 0 bridgehead atoms. The monoisotopic (exact) mass is 325 g/mol. The van der Waals surface area contributed by atoms with Crippen molar-refractivity contribution in [1.82, 2.24) is 5.32 Å². The molecule has 0 atom stereocenters. The Morgan fingerprint density at radius 1 is 1.27 bits per heavy atom. The number of aliphatic carboxylic acids is 1. The molecule has 1 aromatic rings. The van der Waals surface area contributed by atoms with Gasteiger partial charge in [-0.15, -0.1) is 0 Å². The molecule has 4 N–H and O–H groups in total. The van der Waals surface area contributed by atoms with Gasteiger partial charge in [0, 0.05) is 11.9 Å². The number of rotatable bonds is 6. The van der Waals surface area contributed by atoms with E-state index < -0.39 is 28.5 Å². The van der Waals surface area contributed by atoms with Gasteiger partial charge in [-0.2, -0.15) is 13.7 Å². The van der Waals surface area contributed by atoms with Crippen LogP contribution >= 0.6 is 0 Å². The van der Waals surface area contributed by atoms with Gasteiger partial charge in [0.1, 0.15) is 18.2 Å². The van der Waals surface area contributed by atoms with E-state index in [-0.39, 0.29) is 16.2 Å². The van der Waals surface area contributed by atoms with E-state index in [0.717, 1.165) is 18.3 Å². The van der Waals surface area contributed by atoms with Crippen molar-refractivity contribution in [3.8, 4) is 6.07 Å². The minimum absolute atomic E-state index is 0.191. The molecule has 1 aromatic carbocycles. The molecule has 0 aliphatic rings. The highest BCUT2D eigenvalue weighted by molar-refractivity contribution is 7.85. The zero-order chi connectivity index (χ0) is 16.8. The lowest BCUT2D eigenvalue weighted by atomic mass is 10.2. The third-order valence-corrected chi connectivity index (χ3v) is 3.14. The average molecular weight is 325 g/mol. The fraction of sp³-hybridized carbons (Fsp3) is 0.0833. The third kappa shape index (κ3) is 5.23. The maximum atomic E-state index is 11.7. The summed E-state index contributed by atoms with van der Waals surface area (Å²) in [5.74, 6) is -1.96. The number of hydrogen-bond acceptors (Lipinski definition) is 6. The highest BCUT2D eigenvalue weighted by atomic mass is 32.2. The third-order valence-electron chi connectivity index (χ3n) is 2.27. The van der Waals surface area contributed by atoms with E-state index in [1.54, 1.807) is 6.07 Å². The molecule has 0 aromatic heterocycles. The van der Waals surface area contributed by atoms with Crippen LogP contribution in [0.25, 0.3) is 0 Å². The molecule has 0 saturated heterocycles. The van der Waals surface area contributed by atoms with Gasteiger partial charge in [-0.1, -0.05) is 0 Å². The quantitative estimate of drug-likeness (QED) is 0.322. The van der Waals surface area contributed by atoms with Crippen LogP contribution in [0.3, 0.4) is 0 Å². The lowest BCUT2D eigenvalue weighted by Gasteiger charge is -2.05. The van der Waals surface area contributed by atoms with E-state index >= 15 is 0 Å². The van der Waals surface area contributed by atoms with Crippen molar-refractivity contribution >= 4 is 27.7 Å². The number of amides is 1. The molecular formula is C12H11N3O6S. The second-order valence-corrected chi connectivity index (χ2v) is 5.32. The Morgan fingerprint density at radius 3 is 2.32 bits per heavy atom. The van der Waals surface area contributed by atoms with Crippen LogP contribution in [0.5, 0.6) is 0 Å². The number of nitriles is 1. The van der Waals surface area contributed by atoms with Gasteiger partial charge in [-0.25, -0.2) is 0 Å². The number of hydrogen-bond donors (Lipinski definition) is 4. The molecule has 0 heterocycles.